The van der Waals surface area contributed by atoms with Crippen LogP contribution < -0.4 is 9.64 Å². The molecule has 26 heavy (non-hydrogen) atoms. The molecule has 5 nitrogen and oxygen atoms in total. The minimum atomic E-state index is -3.35. The van der Waals surface area contributed by atoms with Crippen LogP contribution in [0.5, 0.6) is 5.75 Å². The van der Waals surface area contributed by atoms with Crippen molar-refractivity contribution in [3.05, 3.63) is 23.2 Å². The van der Waals surface area contributed by atoms with Gasteiger partial charge >= 0.3 is 0 Å². The first-order valence-corrected chi connectivity index (χ1v) is 11.2. The van der Waals surface area contributed by atoms with Gasteiger partial charge in [-0.3, -0.25) is 0 Å². The monoisotopic (exact) mass is 398 g/mol. The van der Waals surface area contributed by atoms with E-state index in [0.717, 1.165) is 43.7 Å². The first-order chi connectivity index (χ1) is 12.1. The van der Waals surface area contributed by atoms with Gasteiger partial charge in [0.2, 0.25) is 10.0 Å². The standard InChI is InChI=1S/C19H27ClN2O3S/c1-18(2,3)26(23,24)22-13-15(12-19(22)7-4-8-19)21-9-10-25-17-11-14(20)5-6-16(17)21/h5-6,11,15H,4,7-10,12-13H2,1-3H3. The summed E-state index contributed by atoms with van der Waals surface area (Å²) in [5.74, 6) is 0.795. The zero-order valence-electron chi connectivity index (χ0n) is 15.7. The number of ether oxygens (including phenoxy) is 1. The van der Waals surface area contributed by atoms with E-state index in [4.69, 9.17) is 16.3 Å². The molecule has 4 rings (SSSR count). The highest BCUT2D eigenvalue weighted by atomic mass is 35.5. The maximum atomic E-state index is 13.2. The van der Waals surface area contributed by atoms with Gasteiger partial charge in [0.05, 0.1) is 17.0 Å². The average Bonchev–Trinajstić information content (AvgIpc) is 2.94. The van der Waals surface area contributed by atoms with Gasteiger partial charge in [-0.2, -0.15) is 4.31 Å². The molecule has 0 amide bonds. The van der Waals surface area contributed by atoms with Crippen molar-refractivity contribution in [1.29, 1.82) is 0 Å². The van der Waals surface area contributed by atoms with Crippen LogP contribution in [0, 0.1) is 0 Å². The number of halogens is 1. The van der Waals surface area contributed by atoms with E-state index in [9.17, 15) is 8.42 Å². The lowest BCUT2D eigenvalue weighted by Gasteiger charge is -2.46. The molecule has 0 aromatic heterocycles. The first-order valence-electron chi connectivity index (χ1n) is 9.35. The van der Waals surface area contributed by atoms with Crippen molar-refractivity contribution >= 4 is 27.3 Å². The van der Waals surface area contributed by atoms with Gasteiger partial charge in [-0.05, 0) is 58.6 Å². The molecule has 1 aliphatic carbocycles. The van der Waals surface area contributed by atoms with Crippen LogP contribution in [-0.4, -0.2) is 48.7 Å². The highest BCUT2D eigenvalue weighted by Gasteiger charge is 2.57. The van der Waals surface area contributed by atoms with Crippen LogP contribution in [0.25, 0.3) is 0 Å². The van der Waals surface area contributed by atoms with Gasteiger partial charge in [0.15, 0.2) is 0 Å². The maximum Gasteiger partial charge on any atom is 0.219 e. The van der Waals surface area contributed by atoms with Crippen molar-refractivity contribution in [2.75, 3.05) is 24.6 Å². The molecule has 1 aromatic carbocycles. The van der Waals surface area contributed by atoms with Crippen LogP contribution in [0.15, 0.2) is 18.2 Å². The molecular formula is C19H27ClN2O3S. The van der Waals surface area contributed by atoms with Gasteiger partial charge in [0.1, 0.15) is 12.4 Å². The lowest BCUT2D eigenvalue weighted by Crippen LogP contribution is -2.56. The summed E-state index contributed by atoms with van der Waals surface area (Å²) >= 11 is 6.11. The Morgan fingerprint density at radius 2 is 2.00 bits per heavy atom. The topological polar surface area (TPSA) is 49.9 Å². The molecule has 2 fully saturated rings. The van der Waals surface area contributed by atoms with Gasteiger partial charge in [-0.1, -0.05) is 11.6 Å². The third kappa shape index (κ3) is 2.72. The lowest BCUT2D eigenvalue weighted by atomic mass is 9.75. The summed E-state index contributed by atoms with van der Waals surface area (Å²) in [6, 6.07) is 5.89. The minimum absolute atomic E-state index is 0.177. The molecule has 0 bridgehead atoms. The molecule has 1 unspecified atom stereocenters. The normalized spacial score (nSPS) is 25.7. The molecular weight excluding hydrogens is 372 g/mol. The summed E-state index contributed by atoms with van der Waals surface area (Å²) < 4.78 is 33.3. The van der Waals surface area contributed by atoms with Gasteiger partial charge in [-0.25, -0.2) is 8.42 Å². The summed E-state index contributed by atoms with van der Waals surface area (Å²) in [5, 5.41) is 0.657. The fourth-order valence-corrected chi connectivity index (χ4v) is 6.47. The van der Waals surface area contributed by atoms with E-state index in [1.165, 1.54) is 0 Å². The summed E-state index contributed by atoms with van der Waals surface area (Å²) in [5.41, 5.74) is 0.830. The Morgan fingerprint density at radius 3 is 2.62 bits per heavy atom. The van der Waals surface area contributed by atoms with Crippen molar-refractivity contribution in [3.63, 3.8) is 0 Å². The third-order valence-corrected chi connectivity index (χ3v) is 9.03. The molecule has 2 aliphatic heterocycles. The quantitative estimate of drug-likeness (QED) is 0.762. The van der Waals surface area contributed by atoms with Crippen molar-refractivity contribution in [2.24, 2.45) is 0 Å². The number of hydrogen-bond acceptors (Lipinski definition) is 4. The summed E-state index contributed by atoms with van der Waals surface area (Å²) in [4.78, 5) is 2.33. The maximum absolute atomic E-state index is 13.2. The Hall–Kier alpha value is -0.980. The SMILES string of the molecule is CC(C)(C)S(=O)(=O)N1CC(N2CCOc3cc(Cl)ccc32)CC12CCC2. The Morgan fingerprint density at radius 1 is 1.27 bits per heavy atom. The van der Waals surface area contributed by atoms with Gasteiger partial charge in [0.25, 0.3) is 0 Å². The predicted molar refractivity (Wildman–Crippen MR) is 105 cm³/mol. The van der Waals surface area contributed by atoms with Crippen LogP contribution >= 0.6 is 11.6 Å². The second-order valence-corrected chi connectivity index (χ2v) is 11.8. The zero-order chi connectivity index (χ0) is 18.7. The Labute approximate surface area is 161 Å². The lowest BCUT2D eigenvalue weighted by molar-refractivity contribution is 0.125. The van der Waals surface area contributed by atoms with Crippen molar-refractivity contribution < 1.29 is 13.2 Å². The average molecular weight is 399 g/mol. The second kappa shape index (κ2) is 6.01. The smallest absolute Gasteiger partial charge is 0.219 e. The number of benzene rings is 1. The highest BCUT2D eigenvalue weighted by Crippen LogP contribution is 2.50. The summed E-state index contributed by atoms with van der Waals surface area (Å²) in [6.07, 6.45) is 3.94. The van der Waals surface area contributed by atoms with Crippen molar-refractivity contribution in [3.8, 4) is 5.75 Å². The summed E-state index contributed by atoms with van der Waals surface area (Å²) in [6.45, 7) is 7.33. The molecule has 144 valence electrons. The number of nitrogens with zero attached hydrogens (tertiary/aromatic N) is 2. The number of sulfonamides is 1. The van der Waals surface area contributed by atoms with Crippen LogP contribution in [0.3, 0.4) is 0 Å². The number of hydrogen-bond donors (Lipinski definition) is 0. The molecule has 1 spiro atoms. The molecule has 2 heterocycles. The fraction of sp³-hybridized carbons (Fsp3) is 0.684. The molecule has 1 aromatic rings. The van der Waals surface area contributed by atoms with Gasteiger partial charge < -0.3 is 9.64 Å². The largest absolute Gasteiger partial charge is 0.490 e. The number of rotatable bonds is 2. The molecule has 1 saturated heterocycles. The van der Waals surface area contributed by atoms with E-state index >= 15 is 0 Å². The van der Waals surface area contributed by atoms with Gasteiger partial charge in [-0.15, -0.1) is 0 Å². The van der Waals surface area contributed by atoms with Crippen molar-refractivity contribution in [2.45, 2.75) is 62.8 Å². The van der Waals surface area contributed by atoms with Crippen LogP contribution in [0.2, 0.25) is 5.02 Å². The molecule has 7 heteroatoms. The van der Waals surface area contributed by atoms with E-state index in [-0.39, 0.29) is 11.6 Å². The fourth-order valence-electron chi connectivity index (χ4n) is 4.52. The van der Waals surface area contributed by atoms with E-state index in [0.29, 0.717) is 18.2 Å². The van der Waals surface area contributed by atoms with E-state index in [1.807, 2.05) is 22.5 Å². The number of anilines is 1. The van der Waals surface area contributed by atoms with Gasteiger partial charge in [0, 0.05) is 29.2 Å². The molecule has 0 N–H and O–H groups in total. The zero-order valence-corrected chi connectivity index (χ0v) is 17.2. The van der Waals surface area contributed by atoms with Crippen LogP contribution in [-0.2, 0) is 10.0 Å². The molecule has 1 atom stereocenters. The molecule has 0 radical (unpaired) electrons. The number of fused-ring (bicyclic) bond motifs is 1. The van der Waals surface area contributed by atoms with Crippen molar-refractivity contribution in [1.82, 2.24) is 4.31 Å². The Balaban J connectivity index is 1.67. The third-order valence-electron chi connectivity index (χ3n) is 6.13. The molecule has 1 saturated carbocycles. The first kappa shape index (κ1) is 18.4. The second-order valence-electron chi connectivity index (χ2n) is 8.74. The predicted octanol–water partition coefficient (Wildman–Crippen LogP) is 3.66. The molecule has 3 aliphatic rings. The highest BCUT2D eigenvalue weighted by molar-refractivity contribution is 7.90. The summed E-state index contributed by atoms with van der Waals surface area (Å²) in [7, 11) is -3.35. The van der Waals surface area contributed by atoms with E-state index in [2.05, 4.69) is 4.90 Å². The van der Waals surface area contributed by atoms with E-state index in [1.54, 1.807) is 20.8 Å². The van der Waals surface area contributed by atoms with E-state index < -0.39 is 14.8 Å². The Kier molecular flexibility index (Phi) is 4.25. The Bertz CT molecular complexity index is 815. The van der Waals surface area contributed by atoms with Crippen LogP contribution in [0.1, 0.15) is 46.5 Å². The van der Waals surface area contributed by atoms with Crippen LogP contribution in [0.4, 0.5) is 5.69 Å². The minimum Gasteiger partial charge on any atom is -0.490 e.